The Hall–Kier alpha value is -1.73. The zero-order chi connectivity index (χ0) is 19.4. The van der Waals surface area contributed by atoms with Crippen LogP contribution in [0.15, 0.2) is 36.4 Å². The molecule has 0 spiro atoms. The molecule has 1 saturated heterocycles. The van der Waals surface area contributed by atoms with Crippen molar-refractivity contribution in [2.75, 3.05) is 26.2 Å². The van der Waals surface area contributed by atoms with Gasteiger partial charge in [0.15, 0.2) is 11.6 Å². The van der Waals surface area contributed by atoms with Crippen molar-refractivity contribution in [2.45, 2.75) is 25.6 Å². The van der Waals surface area contributed by atoms with Gasteiger partial charge in [0.2, 0.25) is 0 Å². The van der Waals surface area contributed by atoms with Crippen molar-refractivity contribution in [3.63, 3.8) is 0 Å². The third-order valence-corrected chi connectivity index (χ3v) is 5.24. The molecule has 0 aromatic heterocycles. The lowest BCUT2D eigenvalue weighted by atomic mass is 10.1. The number of piperazine rings is 1. The Morgan fingerprint density at radius 1 is 1.00 bits per heavy atom. The summed E-state index contributed by atoms with van der Waals surface area (Å²) in [6.45, 7) is 3.60. The van der Waals surface area contributed by atoms with Crippen LogP contribution in [0.1, 0.15) is 17.5 Å². The van der Waals surface area contributed by atoms with Gasteiger partial charge in [0.25, 0.3) is 0 Å². The van der Waals surface area contributed by atoms with E-state index in [0.29, 0.717) is 24.5 Å². The summed E-state index contributed by atoms with van der Waals surface area (Å²) in [7, 11) is 0. The quantitative estimate of drug-likeness (QED) is 0.785. The van der Waals surface area contributed by atoms with Gasteiger partial charge in [0, 0.05) is 45.4 Å². The Labute approximate surface area is 162 Å². The second kappa shape index (κ2) is 8.97. The number of aromatic hydroxyl groups is 1. The normalized spacial score (nSPS) is 18.7. The van der Waals surface area contributed by atoms with Crippen molar-refractivity contribution in [1.29, 1.82) is 0 Å². The van der Waals surface area contributed by atoms with Gasteiger partial charge in [-0.3, -0.25) is 9.80 Å². The first-order valence-corrected chi connectivity index (χ1v) is 9.32. The molecule has 1 fully saturated rings. The van der Waals surface area contributed by atoms with E-state index in [4.69, 9.17) is 11.6 Å². The summed E-state index contributed by atoms with van der Waals surface area (Å²) in [6.07, 6.45) is 0.608. The standard InChI is InChI=1S/C20H23ClF2N2O2/c21-17-9-14(2-4-20(17)27)11-24-6-7-25(16(13-24)5-8-26)12-15-1-3-18(22)19(23)10-15/h1-4,9-10,16,26-27H,5-8,11-13H2. The summed E-state index contributed by atoms with van der Waals surface area (Å²) >= 11 is 5.98. The lowest BCUT2D eigenvalue weighted by molar-refractivity contribution is 0.0499. The van der Waals surface area contributed by atoms with Crippen molar-refractivity contribution < 1.29 is 19.0 Å². The highest BCUT2D eigenvalue weighted by molar-refractivity contribution is 6.32. The molecular weight excluding hydrogens is 374 g/mol. The van der Waals surface area contributed by atoms with Gasteiger partial charge in [-0.05, 0) is 41.8 Å². The fraction of sp³-hybridized carbons (Fsp3) is 0.400. The van der Waals surface area contributed by atoms with Gasteiger partial charge in [-0.1, -0.05) is 23.7 Å². The summed E-state index contributed by atoms with van der Waals surface area (Å²) in [5, 5.41) is 19.3. The molecule has 1 atom stereocenters. The van der Waals surface area contributed by atoms with E-state index in [1.165, 1.54) is 6.07 Å². The third-order valence-electron chi connectivity index (χ3n) is 4.94. The van der Waals surface area contributed by atoms with Crippen molar-refractivity contribution in [3.8, 4) is 5.75 Å². The van der Waals surface area contributed by atoms with E-state index in [0.717, 1.165) is 36.8 Å². The molecule has 2 aromatic rings. The van der Waals surface area contributed by atoms with Crippen LogP contribution >= 0.6 is 11.6 Å². The van der Waals surface area contributed by atoms with E-state index in [2.05, 4.69) is 9.80 Å². The van der Waals surface area contributed by atoms with Crippen LogP contribution in [0.5, 0.6) is 5.75 Å². The maximum atomic E-state index is 13.5. The molecule has 7 heteroatoms. The van der Waals surface area contributed by atoms with Crippen LogP contribution in [-0.2, 0) is 13.1 Å². The molecule has 2 N–H and O–H groups in total. The molecule has 1 aliphatic rings. The molecular formula is C20H23ClF2N2O2. The maximum absolute atomic E-state index is 13.5. The van der Waals surface area contributed by atoms with Crippen molar-refractivity contribution in [3.05, 3.63) is 64.2 Å². The van der Waals surface area contributed by atoms with E-state index in [1.54, 1.807) is 18.2 Å². The summed E-state index contributed by atoms with van der Waals surface area (Å²) in [5.41, 5.74) is 1.73. The van der Waals surface area contributed by atoms with E-state index in [1.807, 2.05) is 6.07 Å². The van der Waals surface area contributed by atoms with Crippen molar-refractivity contribution >= 4 is 11.6 Å². The fourth-order valence-electron chi connectivity index (χ4n) is 3.51. The van der Waals surface area contributed by atoms with E-state index in [-0.39, 0.29) is 18.4 Å². The average Bonchev–Trinajstić information content (AvgIpc) is 2.64. The third kappa shape index (κ3) is 5.17. The molecule has 0 radical (unpaired) electrons. The number of hydrogen-bond donors (Lipinski definition) is 2. The van der Waals surface area contributed by atoms with Gasteiger partial charge >= 0.3 is 0 Å². The highest BCUT2D eigenvalue weighted by Gasteiger charge is 2.27. The molecule has 0 saturated carbocycles. The Bertz CT molecular complexity index is 791. The molecule has 146 valence electrons. The molecule has 2 aromatic carbocycles. The summed E-state index contributed by atoms with van der Waals surface area (Å²) in [5.74, 6) is -1.62. The molecule has 1 unspecified atom stereocenters. The second-order valence-electron chi connectivity index (χ2n) is 6.91. The Morgan fingerprint density at radius 2 is 1.74 bits per heavy atom. The summed E-state index contributed by atoms with van der Waals surface area (Å²) < 4.78 is 26.6. The first-order valence-electron chi connectivity index (χ1n) is 8.95. The Kier molecular flexibility index (Phi) is 6.65. The number of halogens is 3. The van der Waals surface area contributed by atoms with Crippen LogP contribution in [-0.4, -0.2) is 52.3 Å². The Morgan fingerprint density at radius 3 is 2.44 bits per heavy atom. The number of phenolic OH excluding ortho intramolecular Hbond substituents is 1. The number of nitrogens with zero attached hydrogens (tertiary/aromatic N) is 2. The van der Waals surface area contributed by atoms with Crippen LogP contribution in [0, 0.1) is 11.6 Å². The maximum Gasteiger partial charge on any atom is 0.159 e. The average molecular weight is 397 g/mol. The fourth-order valence-corrected chi connectivity index (χ4v) is 3.71. The molecule has 4 nitrogen and oxygen atoms in total. The number of phenols is 1. The molecule has 1 aliphatic heterocycles. The predicted octanol–water partition coefficient (Wildman–Crippen LogP) is 3.39. The largest absolute Gasteiger partial charge is 0.506 e. The molecule has 27 heavy (non-hydrogen) atoms. The first kappa shape index (κ1) is 20.0. The van der Waals surface area contributed by atoms with E-state index in [9.17, 15) is 19.0 Å². The van der Waals surface area contributed by atoms with Gasteiger partial charge < -0.3 is 10.2 Å². The topological polar surface area (TPSA) is 46.9 Å². The SMILES string of the molecule is OCCC1CN(Cc2ccc(O)c(Cl)c2)CCN1Cc1ccc(F)c(F)c1. The number of rotatable bonds is 6. The molecule has 1 heterocycles. The van der Waals surface area contributed by atoms with Crippen LogP contribution in [0.4, 0.5) is 8.78 Å². The zero-order valence-corrected chi connectivity index (χ0v) is 15.7. The van der Waals surface area contributed by atoms with Crippen molar-refractivity contribution in [1.82, 2.24) is 9.80 Å². The lowest BCUT2D eigenvalue weighted by Gasteiger charge is -2.41. The highest BCUT2D eigenvalue weighted by atomic mass is 35.5. The van der Waals surface area contributed by atoms with Gasteiger partial charge in [0.1, 0.15) is 5.75 Å². The Balaban J connectivity index is 1.65. The van der Waals surface area contributed by atoms with E-state index >= 15 is 0 Å². The number of hydrogen-bond acceptors (Lipinski definition) is 4. The second-order valence-corrected chi connectivity index (χ2v) is 7.31. The summed E-state index contributed by atoms with van der Waals surface area (Å²) in [4.78, 5) is 4.47. The predicted molar refractivity (Wildman–Crippen MR) is 101 cm³/mol. The minimum Gasteiger partial charge on any atom is -0.506 e. The van der Waals surface area contributed by atoms with Crippen molar-refractivity contribution in [2.24, 2.45) is 0 Å². The van der Waals surface area contributed by atoms with Gasteiger partial charge in [0.05, 0.1) is 5.02 Å². The van der Waals surface area contributed by atoms with Crippen LogP contribution in [0.25, 0.3) is 0 Å². The highest BCUT2D eigenvalue weighted by Crippen LogP contribution is 2.25. The van der Waals surface area contributed by atoms with Crippen LogP contribution in [0.3, 0.4) is 0 Å². The van der Waals surface area contributed by atoms with Crippen LogP contribution < -0.4 is 0 Å². The zero-order valence-electron chi connectivity index (χ0n) is 14.9. The van der Waals surface area contributed by atoms with Gasteiger partial charge in [-0.15, -0.1) is 0 Å². The summed E-state index contributed by atoms with van der Waals surface area (Å²) in [6, 6.07) is 9.28. The number of benzene rings is 2. The van der Waals surface area contributed by atoms with Crippen LogP contribution in [0.2, 0.25) is 5.02 Å². The van der Waals surface area contributed by atoms with E-state index < -0.39 is 11.6 Å². The lowest BCUT2D eigenvalue weighted by Crippen LogP contribution is -2.52. The number of aliphatic hydroxyl groups is 1. The van der Waals surface area contributed by atoms with Gasteiger partial charge in [-0.25, -0.2) is 8.78 Å². The minimum atomic E-state index is -0.844. The van der Waals surface area contributed by atoms with Gasteiger partial charge in [-0.2, -0.15) is 0 Å². The smallest absolute Gasteiger partial charge is 0.159 e. The molecule has 0 bridgehead atoms. The first-order chi connectivity index (χ1) is 13.0. The molecule has 0 aliphatic carbocycles. The molecule has 0 amide bonds. The molecule has 3 rings (SSSR count). The minimum absolute atomic E-state index is 0.0647. The number of aliphatic hydroxyl groups excluding tert-OH is 1. The monoisotopic (exact) mass is 396 g/mol.